The number of nitrogens with one attached hydrogen (secondary N) is 2. The Morgan fingerprint density at radius 1 is 1.38 bits per heavy atom. The molecule has 0 aliphatic heterocycles. The van der Waals surface area contributed by atoms with Gasteiger partial charge in [0.2, 0.25) is 10.0 Å². The van der Waals surface area contributed by atoms with Gasteiger partial charge in [0.1, 0.15) is 0 Å². The van der Waals surface area contributed by atoms with E-state index in [9.17, 15) is 13.2 Å². The van der Waals surface area contributed by atoms with E-state index in [0.29, 0.717) is 23.1 Å². The first-order valence-corrected chi connectivity index (χ1v) is 9.26. The van der Waals surface area contributed by atoms with Crippen LogP contribution in [0.1, 0.15) is 39.2 Å². The van der Waals surface area contributed by atoms with Crippen molar-refractivity contribution < 1.29 is 13.2 Å². The normalized spacial score (nSPS) is 17.4. The Balaban J connectivity index is 1.82. The number of benzene rings is 1. The summed E-state index contributed by atoms with van der Waals surface area (Å²) < 4.78 is 23.4. The molecular formula is C16H20N4O3S. The van der Waals surface area contributed by atoms with Crippen molar-refractivity contribution in [3.8, 4) is 0 Å². The van der Waals surface area contributed by atoms with Gasteiger partial charge in [0.05, 0.1) is 11.1 Å². The van der Waals surface area contributed by atoms with Gasteiger partial charge in [-0.2, -0.15) is 5.10 Å². The second-order valence-electron chi connectivity index (χ2n) is 6.25. The first-order chi connectivity index (χ1) is 11.3. The van der Waals surface area contributed by atoms with Crippen LogP contribution in [0, 0.1) is 13.8 Å². The van der Waals surface area contributed by atoms with Gasteiger partial charge in [-0.25, -0.2) is 13.6 Å². The molecule has 0 spiro atoms. The van der Waals surface area contributed by atoms with E-state index in [-0.39, 0.29) is 16.8 Å². The van der Waals surface area contributed by atoms with Gasteiger partial charge in [-0.1, -0.05) is 0 Å². The van der Waals surface area contributed by atoms with Gasteiger partial charge in [-0.05, 0) is 55.5 Å². The molecule has 2 aromatic rings. The molecule has 1 heterocycles. The van der Waals surface area contributed by atoms with Gasteiger partial charge in [0.25, 0.3) is 5.91 Å². The minimum absolute atomic E-state index is 0.00727. The van der Waals surface area contributed by atoms with E-state index in [0.717, 1.165) is 18.5 Å². The number of rotatable bonds is 3. The highest BCUT2D eigenvalue weighted by Crippen LogP contribution is 2.22. The van der Waals surface area contributed by atoms with Crippen LogP contribution in [0.25, 0.3) is 0 Å². The predicted octanol–water partition coefficient (Wildman–Crippen LogP) is 0.961. The summed E-state index contributed by atoms with van der Waals surface area (Å²) in [5.74, 6) is -0.295. The highest BCUT2D eigenvalue weighted by atomic mass is 32.2. The lowest BCUT2D eigenvalue weighted by atomic mass is 9.93. The van der Waals surface area contributed by atoms with Crippen molar-refractivity contribution in [1.29, 1.82) is 0 Å². The standard InChI is InChI=1S/C16H20N4O3S/c1-9-5-12(6-15(10(9)2)24(17,22)23)16(21)19-13-4-3-11-8-18-20-14(11)7-13/h5-6,8,13H,3-4,7H2,1-2H3,(H,18,20)(H,19,21)(H2,17,22,23). The molecule has 1 aliphatic rings. The minimum atomic E-state index is -3.87. The van der Waals surface area contributed by atoms with Crippen molar-refractivity contribution >= 4 is 15.9 Å². The van der Waals surface area contributed by atoms with E-state index < -0.39 is 10.0 Å². The van der Waals surface area contributed by atoms with Crippen LogP contribution in [0.2, 0.25) is 0 Å². The number of sulfonamides is 1. The Morgan fingerprint density at radius 2 is 2.12 bits per heavy atom. The van der Waals surface area contributed by atoms with Gasteiger partial charge >= 0.3 is 0 Å². The van der Waals surface area contributed by atoms with Crippen molar-refractivity contribution in [2.45, 2.75) is 44.0 Å². The number of carbonyl (C=O) groups is 1. The summed E-state index contributed by atoms with van der Waals surface area (Å²) in [6, 6.07) is 3.02. The maximum Gasteiger partial charge on any atom is 0.251 e. The molecule has 0 radical (unpaired) electrons. The molecule has 128 valence electrons. The molecule has 1 amide bonds. The number of aromatic amines is 1. The van der Waals surface area contributed by atoms with Crippen LogP contribution in [0.3, 0.4) is 0 Å². The summed E-state index contributed by atoms with van der Waals surface area (Å²) >= 11 is 0. The minimum Gasteiger partial charge on any atom is -0.349 e. The summed E-state index contributed by atoms with van der Waals surface area (Å²) in [6.45, 7) is 3.44. The van der Waals surface area contributed by atoms with Crippen LogP contribution >= 0.6 is 0 Å². The molecule has 0 saturated heterocycles. The zero-order valence-corrected chi connectivity index (χ0v) is 14.4. The van der Waals surface area contributed by atoms with E-state index in [4.69, 9.17) is 5.14 Å². The fourth-order valence-electron chi connectivity index (χ4n) is 3.05. The fourth-order valence-corrected chi connectivity index (χ4v) is 3.93. The van der Waals surface area contributed by atoms with Gasteiger partial charge in [-0.15, -0.1) is 0 Å². The zero-order chi connectivity index (χ0) is 17.5. The lowest BCUT2D eigenvalue weighted by Crippen LogP contribution is -2.39. The number of nitrogens with two attached hydrogens (primary N) is 1. The summed E-state index contributed by atoms with van der Waals surface area (Å²) in [7, 11) is -3.87. The van der Waals surface area contributed by atoms with Crippen LogP contribution in [0.15, 0.2) is 23.2 Å². The molecule has 24 heavy (non-hydrogen) atoms. The Bertz CT molecular complexity index is 902. The number of H-pyrrole nitrogens is 1. The summed E-state index contributed by atoms with van der Waals surface area (Å²) in [5, 5.41) is 15.2. The van der Waals surface area contributed by atoms with Crippen LogP contribution in [-0.2, 0) is 22.9 Å². The summed E-state index contributed by atoms with van der Waals surface area (Å²) in [6.07, 6.45) is 4.18. The van der Waals surface area contributed by atoms with Crippen molar-refractivity contribution in [1.82, 2.24) is 15.5 Å². The van der Waals surface area contributed by atoms with Crippen LogP contribution in [-0.4, -0.2) is 30.6 Å². The number of amides is 1. The lowest BCUT2D eigenvalue weighted by molar-refractivity contribution is 0.0933. The Morgan fingerprint density at radius 3 is 2.83 bits per heavy atom. The van der Waals surface area contributed by atoms with Gasteiger partial charge in [0, 0.05) is 23.7 Å². The molecule has 1 aromatic heterocycles. The van der Waals surface area contributed by atoms with Gasteiger partial charge in [-0.3, -0.25) is 9.89 Å². The van der Waals surface area contributed by atoms with Crippen LogP contribution in [0.5, 0.6) is 0 Å². The molecular weight excluding hydrogens is 328 g/mol. The first-order valence-electron chi connectivity index (χ1n) is 7.71. The molecule has 1 atom stereocenters. The van der Waals surface area contributed by atoms with E-state index >= 15 is 0 Å². The third-order valence-corrected chi connectivity index (χ3v) is 5.58. The molecule has 7 nitrogen and oxygen atoms in total. The number of carbonyl (C=O) groups excluding carboxylic acids is 1. The average molecular weight is 348 g/mol. The summed E-state index contributed by atoms with van der Waals surface area (Å²) in [5.41, 5.74) is 3.80. The first kappa shape index (κ1) is 16.7. The quantitative estimate of drug-likeness (QED) is 0.765. The second-order valence-corrected chi connectivity index (χ2v) is 7.78. The van der Waals surface area contributed by atoms with Crippen LogP contribution < -0.4 is 10.5 Å². The molecule has 1 unspecified atom stereocenters. The monoisotopic (exact) mass is 348 g/mol. The number of fused-ring (bicyclic) bond motifs is 1. The molecule has 0 bridgehead atoms. The molecule has 0 fully saturated rings. The average Bonchev–Trinajstić information content (AvgIpc) is 2.96. The van der Waals surface area contributed by atoms with E-state index in [1.54, 1.807) is 19.9 Å². The van der Waals surface area contributed by atoms with E-state index in [2.05, 4.69) is 15.5 Å². The third-order valence-electron chi connectivity index (χ3n) is 4.54. The molecule has 0 saturated carbocycles. The highest BCUT2D eigenvalue weighted by Gasteiger charge is 2.23. The van der Waals surface area contributed by atoms with Gasteiger partial charge < -0.3 is 5.32 Å². The molecule has 1 aromatic carbocycles. The Labute approximate surface area is 140 Å². The largest absolute Gasteiger partial charge is 0.349 e. The number of primary sulfonamides is 1. The zero-order valence-electron chi connectivity index (χ0n) is 13.6. The number of hydrogen-bond donors (Lipinski definition) is 3. The van der Waals surface area contributed by atoms with Crippen molar-refractivity contribution in [2.75, 3.05) is 0 Å². The van der Waals surface area contributed by atoms with Crippen molar-refractivity contribution in [3.63, 3.8) is 0 Å². The predicted molar refractivity (Wildman–Crippen MR) is 89.2 cm³/mol. The van der Waals surface area contributed by atoms with Crippen molar-refractivity contribution in [2.24, 2.45) is 5.14 Å². The number of aryl methyl sites for hydroxylation is 2. The lowest BCUT2D eigenvalue weighted by Gasteiger charge is -2.23. The Kier molecular flexibility index (Phi) is 4.18. The molecule has 3 rings (SSSR count). The van der Waals surface area contributed by atoms with Crippen molar-refractivity contribution in [3.05, 3.63) is 46.3 Å². The van der Waals surface area contributed by atoms with E-state index in [1.165, 1.54) is 11.6 Å². The topological polar surface area (TPSA) is 118 Å². The number of aromatic nitrogens is 2. The SMILES string of the molecule is Cc1cc(C(=O)NC2CCc3cn[nH]c3C2)cc(S(N)(=O)=O)c1C. The van der Waals surface area contributed by atoms with Gasteiger partial charge in [0.15, 0.2) is 0 Å². The summed E-state index contributed by atoms with van der Waals surface area (Å²) in [4.78, 5) is 12.5. The molecule has 4 N–H and O–H groups in total. The maximum atomic E-state index is 12.5. The van der Waals surface area contributed by atoms with E-state index in [1.807, 2.05) is 6.20 Å². The molecule has 1 aliphatic carbocycles. The van der Waals surface area contributed by atoms with Crippen LogP contribution in [0.4, 0.5) is 0 Å². The fraction of sp³-hybridized carbons (Fsp3) is 0.375. The maximum absolute atomic E-state index is 12.5. The molecule has 8 heteroatoms. The highest BCUT2D eigenvalue weighted by molar-refractivity contribution is 7.89. The second kappa shape index (κ2) is 6.03. The number of nitrogens with zero attached hydrogens (tertiary/aromatic N) is 1. The Hall–Kier alpha value is -2.19. The third kappa shape index (κ3) is 3.20. The number of hydrogen-bond acceptors (Lipinski definition) is 4. The smallest absolute Gasteiger partial charge is 0.251 e.